The molecule has 0 fully saturated rings. The number of carbonyl (C=O) groups is 1. The number of esters is 1. The number of thioether (sulfide) groups is 1. The van der Waals surface area contributed by atoms with Crippen molar-refractivity contribution in [2.24, 2.45) is 0 Å². The van der Waals surface area contributed by atoms with E-state index in [1.807, 2.05) is 17.7 Å². The molecule has 0 amide bonds. The molecule has 2 N–H and O–H groups in total. The second-order valence-electron chi connectivity index (χ2n) is 3.25. The number of nitrogens with zero attached hydrogens (tertiary/aromatic N) is 2. The molecule has 1 heterocycles. The van der Waals surface area contributed by atoms with Gasteiger partial charge in [-0.2, -0.15) is 11.8 Å². The second-order valence-corrected chi connectivity index (χ2v) is 4.24. The molecule has 90 valence electrons. The van der Waals surface area contributed by atoms with Crippen molar-refractivity contribution in [3.05, 3.63) is 11.5 Å². The van der Waals surface area contributed by atoms with Gasteiger partial charge in [0.15, 0.2) is 5.69 Å². The van der Waals surface area contributed by atoms with E-state index in [2.05, 4.69) is 9.72 Å². The van der Waals surface area contributed by atoms with Crippen molar-refractivity contribution in [3.8, 4) is 0 Å². The molecule has 0 atom stereocenters. The molecule has 1 aromatic rings. The Morgan fingerprint density at radius 1 is 1.62 bits per heavy atom. The third-order valence-electron chi connectivity index (χ3n) is 2.30. The van der Waals surface area contributed by atoms with E-state index in [9.17, 15) is 4.79 Å². The molecule has 5 nitrogen and oxygen atoms in total. The first-order valence-corrected chi connectivity index (χ1v) is 6.47. The molecule has 16 heavy (non-hydrogen) atoms. The third kappa shape index (κ3) is 2.49. The lowest BCUT2D eigenvalue weighted by atomic mass is 10.4. The maximum Gasteiger partial charge on any atom is 0.360 e. The molecule has 0 unspecified atom stereocenters. The van der Waals surface area contributed by atoms with Gasteiger partial charge < -0.3 is 15.0 Å². The first-order valence-electron chi connectivity index (χ1n) is 5.07. The van der Waals surface area contributed by atoms with Crippen LogP contribution in [0.3, 0.4) is 0 Å². The number of methoxy groups -OCH3 is 1. The standard InChI is InChI=1S/C10H17N3O2S/c1-4-7-12-8(10(14)15-2)9(11)13(7)5-6-16-3/h4-6,11H2,1-3H3. The lowest BCUT2D eigenvalue weighted by molar-refractivity contribution is 0.0595. The van der Waals surface area contributed by atoms with Crippen LogP contribution in [-0.2, 0) is 17.7 Å². The fourth-order valence-corrected chi connectivity index (χ4v) is 1.83. The zero-order valence-corrected chi connectivity index (χ0v) is 10.6. The average molecular weight is 243 g/mol. The molecule has 0 aromatic carbocycles. The number of anilines is 1. The normalized spacial score (nSPS) is 10.4. The van der Waals surface area contributed by atoms with Gasteiger partial charge in [0, 0.05) is 18.7 Å². The Morgan fingerprint density at radius 2 is 2.31 bits per heavy atom. The van der Waals surface area contributed by atoms with Crippen LogP contribution in [0.1, 0.15) is 23.2 Å². The summed E-state index contributed by atoms with van der Waals surface area (Å²) in [6, 6.07) is 0. The van der Waals surface area contributed by atoms with Crippen molar-refractivity contribution in [1.29, 1.82) is 0 Å². The summed E-state index contributed by atoms with van der Waals surface area (Å²) in [5, 5.41) is 0. The van der Waals surface area contributed by atoms with Gasteiger partial charge in [0.05, 0.1) is 7.11 Å². The van der Waals surface area contributed by atoms with Crippen LogP contribution in [0.2, 0.25) is 0 Å². The molecule has 1 aromatic heterocycles. The van der Waals surface area contributed by atoms with Crippen molar-refractivity contribution in [2.75, 3.05) is 24.9 Å². The first-order chi connectivity index (χ1) is 7.65. The largest absolute Gasteiger partial charge is 0.464 e. The van der Waals surface area contributed by atoms with Crippen LogP contribution in [0.15, 0.2) is 0 Å². The van der Waals surface area contributed by atoms with Crippen LogP contribution < -0.4 is 5.73 Å². The summed E-state index contributed by atoms with van der Waals surface area (Å²) in [5.74, 6) is 1.69. The SMILES string of the molecule is CCc1nc(C(=O)OC)c(N)n1CCSC. The minimum atomic E-state index is -0.477. The Bertz CT molecular complexity index is 376. The number of ether oxygens (including phenoxy) is 1. The van der Waals surface area contributed by atoms with Crippen molar-refractivity contribution < 1.29 is 9.53 Å². The molecule has 1 rings (SSSR count). The highest BCUT2D eigenvalue weighted by molar-refractivity contribution is 7.98. The molecular formula is C10H17N3O2S. The van der Waals surface area contributed by atoms with E-state index in [1.54, 1.807) is 11.8 Å². The molecular weight excluding hydrogens is 226 g/mol. The maximum absolute atomic E-state index is 11.4. The first kappa shape index (κ1) is 12.9. The van der Waals surface area contributed by atoms with Gasteiger partial charge in [0.25, 0.3) is 0 Å². The Balaban J connectivity index is 3.05. The van der Waals surface area contributed by atoms with Crippen molar-refractivity contribution in [2.45, 2.75) is 19.9 Å². The number of carbonyl (C=O) groups excluding carboxylic acids is 1. The maximum atomic E-state index is 11.4. The van der Waals surface area contributed by atoms with Gasteiger partial charge >= 0.3 is 5.97 Å². The lowest BCUT2D eigenvalue weighted by Crippen LogP contribution is -2.10. The molecule has 0 aliphatic heterocycles. The molecule has 0 saturated carbocycles. The van der Waals surface area contributed by atoms with E-state index in [1.165, 1.54) is 7.11 Å². The summed E-state index contributed by atoms with van der Waals surface area (Å²) in [4.78, 5) is 15.6. The van der Waals surface area contributed by atoms with Gasteiger partial charge in [-0.25, -0.2) is 9.78 Å². The summed E-state index contributed by atoms with van der Waals surface area (Å²) in [5.41, 5.74) is 6.11. The molecule has 0 aliphatic rings. The summed E-state index contributed by atoms with van der Waals surface area (Å²) in [7, 11) is 1.33. The monoisotopic (exact) mass is 243 g/mol. The predicted octanol–water partition coefficient (Wildman–Crippen LogP) is 1.18. The number of nitrogen functional groups attached to an aromatic ring is 1. The van der Waals surface area contributed by atoms with E-state index in [4.69, 9.17) is 5.73 Å². The summed E-state index contributed by atoms with van der Waals surface area (Å²) < 4.78 is 6.51. The molecule has 6 heteroatoms. The number of aromatic nitrogens is 2. The highest BCUT2D eigenvalue weighted by atomic mass is 32.2. The fourth-order valence-electron chi connectivity index (χ4n) is 1.46. The van der Waals surface area contributed by atoms with Gasteiger partial charge in [-0.05, 0) is 6.26 Å². The van der Waals surface area contributed by atoms with Gasteiger partial charge in [-0.15, -0.1) is 0 Å². The lowest BCUT2D eigenvalue weighted by Gasteiger charge is -2.07. The third-order valence-corrected chi connectivity index (χ3v) is 2.89. The molecule has 0 saturated heterocycles. The number of nitrogens with two attached hydrogens (primary N) is 1. The highest BCUT2D eigenvalue weighted by Gasteiger charge is 2.19. The Kier molecular flexibility index (Phi) is 4.67. The Morgan fingerprint density at radius 3 is 2.81 bits per heavy atom. The molecule has 0 spiro atoms. The predicted molar refractivity (Wildman–Crippen MR) is 65.7 cm³/mol. The van der Waals surface area contributed by atoms with E-state index in [0.717, 1.165) is 24.5 Å². The Labute approximate surface area is 99.4 Å². The van der Waals surface area contributed by atoms with E-state index in [0.29, 0.717) is 5.82 Å². The average Bonchev–Trinajstić information content (AvgIpc) is 2.62. The van der Waals surface area contributed by atoms with Crippen LogP contribution in [0.25, 0.3) is 0 Å². The number of hydrogen-bond acceptors (Lipinski definition) is 5. The second kappa shape index (κ2) is 5.79. The van der Waals surface area contributed by atoms with Crippen LogP contribution in [0, 0.1) is 0 Å². The minimum Gasteiger partial charge on any atom is -0.464 e. The summed E-state index contributed by atoms with van der Waals surface area (Å²) in [6.45, 7) is 2.75. The quantitative estimate of drug-likeness (QED) is 0.786. The van der Waals surface area contributed by atoms with Crippen LogP contribution in [0.5, 0.6) is 0 Å². The van der Waals surface area contributed by atoms with Gasteiger partial charge in [0.1, 0.15) is 11.6 Å². The van der Waals surface area contributed by atoms with E-state index >= 15 is 0 Å². The molecule has 0 aliphatic carbocycles. The minimum absolute atomic E-state index is 0.223. The number of imidazole rings is 1. The summed E-state index contributed by atoms with van der Waals surface area (Å²) in [6.07, 6.45) is 2.77. The van der Waals surface area contributed by atoms with Gasteiger partial charge in [-0.1, -0.05) is 6.92 Å². The smallest absolute Gasteiger partial charge is 0.360 e. The number of rotatable bonds is 5. The zero-order chi connectivity index (χ0) is 12.1. The summed E-state index contributed by atoms with van der Waals surface area (Å²) >= 11 is 1.73. The molecule has 0 radical (unpaired) electrons. The van der Waals surface area contributed by atoms with Crippen molar-refractivity contribution >= 4 is 23.5 Å². The van der Waals surface area contributed by atoms with Crippen LogP contribution >= 0.6 is 11.8 Å². The Hall–Kier alpha value is -1.17. The number of aryl methyl sites for hydroxylation is 1. The van der Waals surface area contributed by atoms with E-state index < -0.39 is 5.97 Å². The topological polar surface area (TPSA) is 70.1 Å². The van der Waals surface area contributed by atoms with Crippen molar-refractivity contribution in [3.63, 3.8) is 0 Å². The van der Waals surface area contributed by atoms with Crippen molar-refractivity contribution in [1.82, 2.24) is 9.55 Å². The van der Waals surface area contributed by atoms with Crippen LogP contribution in [0.4, 0.5) is 5.82 Å². The number of hydrogen-bond donors (Lipinski definition) is 1. The fraction of sp³-hybridized carbons (Fsp3) is 0.600. The highest BCUT2D eigenvalue weighted by Crippen LogP contribution is 2.16. The van der Waals surface area contributed by atoms with E-state index in [-0.39, 0.29) is 5.69 Å². The van der Waals surface area contributed by atoms with Gasteiger partial charge in [0.2, 0.25) is 0 Å². The van der Waals surface area contributed by atoms with Gasteiger partial charge in [-0.3, -0.25) is 0 Å². The zero-order valence-electron chi connectivity index (χ0n) is 9.82. The van der Waals surface area contributed by atoms with Crippen LogP contribution in [-0.4, -0.2) is 34.6 Å². The molecule has 0 bridgehead atoms.